The topological polar surface area (TPSA) is 20.2 Å². The summed E-state index contributed by atoms with van der Waals surface area (Å²) in [6, 6.07) is 8.91. The molecule has 2 rings (SSSR count). The lowest BCUT2D eigenvalue weighted by molar-refractivity contribution is 0.138. The lowest BCUT2D eigenvalue weighted by Crippen LogP contribution is -2.18. The largest absolute Gasteiger partial charge is 0.393 e. The first-order chi connectivity index (χ1) is 7.97. The van der Waals surface area contributed by atoms with E-state index in [9.17, 15) is 5.11 Å². The number of hydrogen-bond donors (Lipinski definition) is 1. The fourth-order valence-electron chi connectivity index (χ4n) is 2.45. The zero-order valence-corrected chi connectivity index (χ0v) is 11.2. The van der Waals surface area contributed by atoms with E-state index in [0.29, 0.717) is 0 Å². The average molecular weight is 231 g/mol. The third-order valence-electron chi connectivity index (χ3n) is 3.70. The highest BCUT2D eigenvalue weighted by Gasteiger charge is 2.22. The van der Waals surface area contributed by atoms with E-state index in [2.05, 4.69) is 45.0 Å². The summed E-state index contributed by atoms with van der Waals surface area (Å²) in [7, 11) is 0. The molecule has 1 nitrogen and oxygen atoms in total. The highest BCUT2D eigenvalue weighted by Crippen LogP contribution is 2.33. The molecule has 0 aliphatic heterocycles. The van der Waals surface area contributed by atoms with Crippen LogP contribution in [0.2, 0.25) is 0 Å². The van der Waals surface area contributed by atoms with Gasteiger partial charge in [0.25, 0.3) is 0 Å². The molecule has 1 aromatic carbocycles. The monoisotopic (exact) mass is 231 g/mol. The van der Waals surface area contributed by atoms with Crippen LogP contribution in [0.5, 0.6) is 0 Å². The van der Waals surface area contributed by atoms with Crippen LogP contribution >= 0.6 is 0 Å². The fourth-order valence-corrected chi connectivity index (χ4v) is 2.45. The van der Waals surface area contributed by atoms with Crippen molar-refractivity contribution in [3.8, 4) is 0 Å². The molecule has 0 aromatic heterocycles. The number of aliphatic hydroxyl groups is 1. The Morgan fingerprint density at radius 1 is 1.12 bits per heavy atom. The maximum Gasteiger partial charge on any atom is 0.0540 e. The minimum absolute atomic E-state index is 0.0791. The molecule has 1 radical (unpaired) electrons. The molecule has 0 spiro atoms. The van der Waals surface area contributed by atoms with Gasteiger partial charge in [0.05, 0.1) is 6.10 Å². The summed E-state index contributed by atoms with van der Waals surface area (Å²) in [5.41, 5.74) is 2.99. The molecule has 93 valence electrons. The van der Waals surface area contributed by atoms with Crippen LogP contribution in [0.15, 0.2) is 24.3 Å². The van der Waals surface area contributed by atoms with Gasteiger partial charge in [0, 0.05) is 5.92 Å². The maximum atomic E-state index is 9.54. The van der Waals surface area contributed by atoms with Crippen molar-refractivity contribution in [1.29, 1.82) is 0 Å². The van der Waals surface area contributed by atoms with Crippen molar-refractivity contribution in [1.82, 2.24) is 0 Å². The Kier molecular flexibility index (Phi) is 3.58. The second-order valence-corrected chi connectivity index (χ2v) is 6.17. The van der Waals surface area contributed by atoms with Crippen LogP contribution in [0, 0.1) is 5.92 Å². The third-order valence-corrected chi connectivity index (χ3v) is 3.70. The highest BCUT2D eigenvalue weighted by atomic mass is 16.3. The van der Waals surface area contributed by atoms with Crippen molar-refractivity contribution in [2.75, 3.05) is 0 Å². The van der Waals surface area contributed by atoms with E-state index in [0.717, 1.165) is 25.7 Å². The van der Waals surface area contributed by atoms with Gasteiger partial charge in [0.2, 0.25) is 0 Å². The SMILES string of the molecule is CC(C)(C)c1cccc([C]2CCC(O)CC2)c1. The molecule has 0 atom stereocenters. The molecule has 1 aliphatic rings. The number of aliphatic hydroxyl groups excluding tert-OH is 1. The molecule has 1 saturated carbocycles. The molecule has 0 heterocycles. The van der Waals surface area contributed by atoms with E-state index in [1.807, 2.05) is 0 Å². The van der Waals surface area contributed by atoms with Crippen molar-refractivity contribution in [3.05, 3.63) is 41.3 Å². The molecule has 0 saturated heterocycles. The summed E-state index contributed by atoms with van der Waals surface area (Å²) >= 11 is 0. The van der Waals surface area contributed by atoms with E-state index in [4.69, 9.17) is 0 Å². The van der Waals surface area contributed by atoms with Crippen molar-refractivity contribution < 1.29 is 5.11 Å². The van der Waals surface area contributed by atoms with E-state index in [-0.39, 0.29) is 11.5 Å². The average Bonchev–Trinajstić information content (AvgIpc) is 2.29. The van der Waals surface area contributed by atoms with Gasteiger partial charge in [0.1, 0.15) is 0 Å². The summed E-state index contributed by atoms with van der Waals surface area (Å²) in [5, 5.41) is 9.54. The standard InChI is InChI=1S/C16H23O/c1-16(2,3)14-6-4-5-13(11-14)12-7-9-15(17)10-8-12/h4-6,11,15,17H,7-10H2,1-3H3. The fraction of sp³-hybridized carbons (Fsp3) is 0.562. The maximum absolute atomic E-state index is 9.54. The zero-order chi connectivity index (χ0) is 12.5. The Hall–Kier alpha value is -0.820. The van der Waals surface area contributed by atoms with Crippen LogP contribution in [0.3, 0.4) is 0 Å². The molecule has 0 amide bonds. The molecule has 1 heteroatoms. The summed E-state index contributed by atoms with van der Waals surface area (Å²) in [6.07, 6.45) is 3.87. The van der Waals surface area contributed by atoms with Gasteiger partial charge in [-0.05, 0) is 42.2 Å². The van der Waals surface area contributed by atoms with Gasteiger partial charge >= 0.3 is 0 Å². The molecule has 17 heavy (non-hydrogen) atoms. The van der Waals surface area contributed by atoms with Crippen LogP contribution in [-0.2, 0) is 5.41 Å². The summed E-state index contributed by atoms with van der Waals surface area (Å²) in [5.74, 6) is 1.52. The lowest BCUT2D eigenvalue weighted by Gasteiger charge is -2.27. The first kappa shape index (κ1) is 12.6. The molecule has 1 aromatic rings. The van der Waals surface area contributed by atoms with Gasteiger partial charge in [-0.2, -0.15) is 0 Å². The Labute approximate surface area is 105 Å². The van der Waals surface area contributed by atoms with E-state index in [1.54, 1.807) is 0 Å². The van der Waals surface area contributed by atoms with Crippen LogP contribution in [-0.4, -0.2) is 11.2 Å². The normalized spacial score (nSPS) is 19.5. The van der Waals surface area contributed by atoms with E-state index in [1.165, 1.54) is 17.0 Å². The van der Waals surface area contributed by atoms with Crippen molar-refractivity contribution in [3.63, 3.8) is 0 Å². The Morgan fingerprint density at radius 3 is 2.35 bits per heavy atom. The predicted octanol–water partition coefficient (Wildman–Crippen LogP) is 3.84. The summed E-state index contributed by atoms with van der Waals surface area (Å²) in [4.78, 5) is 0. The van der Waals surface area contributed by atoms with Gasteiger partial charge < -0.3 is 5.11 Å². The highest BCUT2D eigenvalue weighted by molar-refractivity contribution is 5.37. The second-order valence-electron chi connectivity index (χ2n) is 6.17. The third kappa shape index (κ3) is 3.10. The van der Waals surface area contributed by atoms with Crippen molar-refractivity contribution in [2.45, 2.75) is 58.0 Å². The van der Waals surface area contributed by atoms with Gasteiger partial charge in [0.15, 0.2) is 0 Å². The second kappa shape index (κ2) is 4.81. The molecule has 1 fully saturated rings. The molecule has 0 bridgehead atoms. The van der Waals surface area contributed by atoms with Gasteiger partial charge in [-0.25, -0.2) is 0 Å². The first-order valence-electron chi connectivity index (χ1n) is 6.60. The summed E-state index contributed by atoms with van der Waals surface area (Å²) < 4.78 is 0. The quantitative estimate of drug-likeness (QED) is 0.778. The van der Waals surface area contributed by atoms with Gasteiger partial charge in [-0.3, -0.25) is 0 Å². The first-order valence-corrected chi connectivity index (χ1v) is 6.60. The minimum Gasteiger partial charge on any atom is -0.393 e. The number of benzene rings is 1. The summed E-state index contributed by atoms with van der Waals surface area (Å²) in [6.45, 7) is 6.75. The molecular weight excluding hydrogens is 208 g/mol. The molecule has 1 aliphatic carbocycles. The molecule has 1 N–H and O–H groups in total. The Balaban J connectivity index is 2.16. The van der Waals surface area contributed by atoms with Crippen LogP contribution in [0.1, 0.15) is 57.6 Å². The Morgan fingerprint density at radius 2 is 1.76 bits per heavy atom. The van der Waals surface area contributed by atoms with E-state index < -0.39 is 0 Å². The van der Waals surface area contributed by atoms with Crippen LogP contribution < -0.4 is 0 Å². The van der Waals surface area contributed by atoms with Crippen LogP contribution in [0.4, 0.5) is 0 Å². The van der Waals surface area contributed by atoms with Crippen molar-refractivity contribution >= 4 is 0 Å². The van der Waals surface area contributed by atoms with Crippen molar-refractivity contribution in [2.24, 2.45) is 0 Å². The van der Waals surface area contributed by atoms with Gasteiger partial charge in [-0.1, -0.05) is 45.0 Å². The van der Waals surface area contributed by atoms with Gasteiger partial charge in [-0.15, -0.1) is 0 Å². The smallest absolute Gasteiger partial charge is 0.0540 e. The molecule has 0 unspecified atom stereocenters. The number of hydrogen-bond acceptors (Lipinski definition) is 1. The Bertz CT molecular complexity index is 367. The number of rotatable bonds is 1. The lowest BCUT2D eigenvalue weighted by atomic mass is 9.79. The predicted molar refractivity (Wildman–Crippen MR) is 72.0 cm³/mol. The minimum atomic E-state index is -0.0791. The van der Waals surface area contributed by atoms with E-state index >= 15 is 0 Å². The van der Waals surface area contributed by atoms with Crippen LogP contribution in [0.25, 0.3) is 0 Å². The zero-order valence-electron chi connectivity index (χ0n) is 11.2. The molecular formula is C16H23O.